The van der Waals surface area contributed by atoms with E-state index >= 15 is 0 Å². The maximum Gasteiger partial charge on any atom is 0.257 e. The van der Waals surface area contributed by atoms with Crippen molar-refractivity contribution in [3.05, 3.63) is 58.6 Å². The van der Waals surface area contributed by atoms with Crippen LogP contribution in [0.4, 0.5) is 5.95 Å². The van der Waals surface area contributed by atoms with Crippen molar-refractivity contribution < 1.29 is 9.53 Å². The number of imidazole rings is 1. The number of ether oxygens (including phenoxy) is 1. The Labute approximate surface area is 138 Å². The number of carbonyl (C=O) groups excluding carboxylic acids is 1. The zero-order chi connectivity index (χ0) is 16.4. The molecule has 2 aromatic carbocycles. The first-order valence-corrected chi connectivity index (χ1v) is 7.47. The van der Waals surface area contributed by atoms with Crippen molar-refractivity contribution in [1.29, 1.82) is 0 Å². The van der Waals surface area contributed by atoms with E-state index in [1.54, 1.807) is 31.4 Å². The monoisotopic (exact) mass is 329 g/mol. The molecule has 0 aliphatic heterocycles. The maximum atomic E-state index is 12.4. The largest absolute Gasteiger partial charge is 0.380 e. The number of amides is 1. The third-order valence-electron chi connectivity index (χ3n) is 3.60. The summed E-state index contributed by atoms with van der Waals surface area (Å²) in [7, 11) is 3.49. The molecule has 0 atom stereocenters. The van der Waals surface area contributed by atoms with Crippen molar-refractivity contribution in [3.8, 4) is 0 Å². The molecule has 5 nitrogen and oxygen atoms in total. The Kier molecular flexibility index (Phi) is 4.32. The number of halogens is 1. The Bertz CT molecular complexity index is 856. The number of aromatic nitrogens is 2. The van der Waals surface area contributed by atoms with E-state index in [9.17, 15) is 4.79 Å². The number of carbonyl (C=O) groups is 1. The Hall–Kier alpha value is -2.37. The Morgan fingerprint density at radius 3 is 2.70 bits per heavy atom. The lowest BCUT2D eigenvalue weighted by Gasteiger charge is -2.06. The highest BCUT2D eigenvalue weighted by atomic mass is 35.5. The molecule has 1 heterocycles. The first-order chi connectivity index (χ1) is 11.1. The topological polar surface area (TPSA) is 56.1 Å². The number of hydrogen-bond donors (Lipinski definition) is 1. The number of anilines is 1. The van der Waals surface area contributed by atoms with Crippen molar-refractivity contribution >= 4 is 34.5 Å². The fourth-order valence-corrected chi connectivity index (χ4v) is 2.54. The van der Waals surface area contributed by atoms with Crippen LogP contribution in [0.3, 0.4) is 0 Å². The fourth-order valence-electron chi connectivity index (χ4n) is 2.38. The van der Waals surface area contributed by atoms with Crippen LogP contribution in [-0.4, -0.2) is 22.6 Å². The van der Waals surface area contributed by atoms with Gasteiger partial charge in [-0.1, -0.05) is 23.7 Å². The van der Waals surface area contributed by atoms with Gasteiger partial charge in [0.15, 0.2) is 0 Å². The number of fused-ring (bicyclic) bond motifs is 1. The zero-order valence-electron chi connectivity index (χ0n) is 12.8. The van der Waals surface area contributed by atoms with Crippen LogP contribution in [0.1, 0.15) is 15.9 Å². The molecule has 0 unspecified atom stereocenters. The summed E-state index contributed by atoms with van der Waals surface area (Å²) in [5.74, 6) is 0.270. The summed E-state index contributed by atoms with van der Waals surface area (Å²) < 4.78 is 6.88. The lowest BCUT2D eigenvalue weighted by molar-refractivity contribution is 0.102. The predicted molar refractivity (Wildman–Crippen MR) is 90.8 cm³/mol. The van der Waals surface area contributed by atoms with Gasteiger partial charge in [0.05, 0.1) is 17.6 Å². The minimum absolute atomic E-state index is 0.210. The average molecular weight is 330 g/mol. The van der Waals surface area contributed by atoms with Gasteiger partial charge in [0.1, 0.15) is 0 Å². The summed E-state index contributed by atoms with van der Waals surface area (Å²) in [5.41, 5.74) is 3.22. The third kappa shape index (κ3) is 3.21. The number of aryl methyl sites for hydroxylation is 1. The van der Waals surface area contributed by atoms with Crippen molar-refractivity contribution in [2.45, 2.75) is 6.61 Å². The van der Waals surface area contributed by atoms with E-state index < -0.39 is 0 Å². The first kappa shape index (κ1) is 15.5. The van der Waals surface area contributed by atoms with Crippen LogP contribution in [0.25, 0.3) is 11.0 Å². The van der Waals surface area contributed by atoms with Gasteiger partial charge in [0.2, 0.25) is 5.95 Å². The highest BCUT2D eigenvalue weighted by Crippen LogP contribution is 2.22. The highest BCUT2D eigenvalue weighted by Gasteiger charge is 2.12. The summed E-state index contributed by atoms with van der Waals surface area (Å²) >= 11 is 5.98. The van der Waals surface area contributed by atoms with Crippen molar-refractivity contribution in [2.75, 3.05) is 12.4 Å². The number of hydrogen-bond acceptors (Lipinski definition) is 3. The van der Waals surface area contributed by atoms with Gasteiger partial charge in [0, 0.05) is 24.7 Å². The molecule has 3 aromatic rings. The molecule has 6 heteroatoms. The van der Waals surface area contributed by atoms with Crippen molar-refractivity contribution in [1.82, 2.24) is 9.55 Å². The van der Waals surface area contributed by atoms with E-state index in [4.69, 9.17) is 16.3 Å². The number of nitrogens with one attached hydrogen (secondary N) is 1. The summed E-state index contributed by atoms with van der Waals surface area (Å²) in [6.07, 6.45) is 0. The van der Waals surface area contributed by atoms with Crippen LogP contribution >= 0.6 is 11.6 Å². The zero-order valence-corrected chi connectivity index (χ0v) is 13.6. The first-order valence-electron chi connectivity index (χ1n) is 7.09. The SMILES string of the molecule is COCc1ccc(C(=O)Nc2nc3cc(Cl)ccc3n2C)cc1. The van der Waals surface area contributed by atoms with E-state index in [1.807, 2.05) is 29.8 Å². The van der Waals surface area contributed by atoms with Crippen LogP contribution < -0.4 is 5.32 Å². The molecule has 3 rings (SSSR count). The molecular weight excluding hydrogens is 314 g/mol. The van der Waals surface area contributed by atoms with Gasteiger partial charge < -0.3 is 9.30 Å². The van der Waals surface area contributed by atoms with E-state index in [2.05, 4.69) is 10.3 Å². The second-order valence-corrected chi connectivity index (χ2v) is 5.65. The molecule has 0 bridgehead atoms. The van der Waals surface area contributed by atoms with E-state index in [1.165, 1.54) is 0 Å². The van der Waals surface area contributed by atoms with E-state index in [-0.39, 0.29) is 5.91 Å². The van der Waals surface area contributed by atoms with Gasteiger partial charge in [-0.15, -0.1) is 0 Å². The molecule has 0 saturated carbocycles. The summed E-state index contributed by atoms with van der Waals surface area (Å²) in [6, 6.07) is 12.7. The third-order valence-corrected chi connectivity index (χ3v) is 3.83. The summed E-state index contributed by atoms with van der Waals surface area (Å²) in [4.78, 5) is 16.8. The molecule has 0 spiro atoms. The van der Waals surface area contributed by atoms with Crippen LogP contribution in [0.5, 0.6) is 0 Å². The van der Waals surface area contributed by atoms with Crippen LogP contribution in [-0.2, 0) is 18.4 Å². The summed E-state index contributed by atoms with van der Waals surface area (Å²) in [5, 5.41) is 3.44. The molecule has 1 amide bonds. The van der Waals surface area contributed by atoms with Gasteiger partial charge in [-0.3, -0.25) is 10.1 Å². The standard InChI is InChI=1S/C17H16ClN3O2/c1-21-15-8-7-13(18)9-14(15)19-17(21)20-16(22)12-5-3-11(4-6-12)10-23-2/h3-9H,10H2,1-2H3,(H,19,20,22). The quantitative estimate of drug-likeness (QED) is 0.795. The minimum atomic E-state index is -0.210. The van der Waals surface area contributed by atoms with Crippen LogP contribution in [0.2, 0.25) is 5.02 Å². The van der Waals surface area contributed by atoms with Gasteiger partial charge >= 0.3 is 0 Å². The Balaban J connectivity index is 1.83. The molecule has 23 heavy (non-hydrogen) atoms. The predicted octanol–water partition coefficient (Wildman–Crippen LogP) is 3.63. The van der Waals surface area contributed by atoms with E-state index in [0.717, 1.165) is 16.6 Å². The smallest absolute Gasteiger partial charge is 0.257 e. The fraction of sp³-hybridized carbons (Fsp3) is 0.176. The second-order valence-electron chi connectivity index (χ2n) is 5.21. The maximum absolute atomic E-state index is 12.4. The van der Waals surface area contributed by atoms with Gasteiger partial charge in [0.25, 0.3) is 5.91 Å². The van der Waals surface area contributed by atoms with E-state index in [0.29, 0.717) is 23.1 Å². The Morgan fingerprint density at radius 1 is 1.26 bits per heavy atom. The average Bonchev–Trinajstić information content (AvgIpc) is 2.83. The molecule has 1 N–H and O–H groups in total. The lowest BCUT2D eigenvalue weighted by Crippen LogP contribution is -2.15. The van der Waals surface area contributed by atoms with Gasteiger partial charge in [-0.05, 0) is 35.9 Å². The van der Waals surface area contributed by atoms with Crippen molar-refractivity contribution in [3.63, 3.8) is 0 Å². The molecular formula is C17H16ClN3O2. The molecule has 0 radical (unpaired) electrons. The number of benzene rings is 2. The Morgan fingerprint density at radius 2 is 2.00 bits per heavy atom. The van der Waals surface area contributed by atoms with Gasteiger partial charge in [-0.2, -0.15) is 0 Å². The highest BCUT2D eigenvalue weighted by molar-refractivity contribution is 6.31. The molecule has 0 fully saturated rings. The molecule has 0 aliphatic rings. The molecule has 1 aromatic heterocycles. The second kappa shape index (κ2) is 6.40. The minimum Gasteiger partial charge on any atom is -0.380 e. The van der Waals surface area contributed by atoms with Crippen LogP contribution in [0, 0.1) is 0 Å². The lowest BCUT2D eigenvalue weighted by atomic mass is 10.1. The van der Waals surface area contributed by atoms with Gasteiger partial charge in [-0.25, -0.2) is 4.98 Å². The molecule has 118 valence electrons. The molecule has 0 saturated heterocycles. The van der Waals surface area contributed by atoms with Crippen LogP contribution in [0.15, 0.2) is 42.5 Å². The summed E-state index contributed by atoms with van der Waals surface area (Å²) in [6.45, 7) is 0.521. The number of rotatable bonds is 4. The normalized spacial score (nSPS) is 10.9. The number of nitrogens with zero attached hydrogens (tertiary/aromatic N) is 2. The molecule has 0 aliphatic carbocycles. The van der Waals surface area contributed by atoms with Crippen molar-refractivity contribution in [2.24, 2.45) is 7.05 Å². The number of methoxy groups -OCH3 is 1.